The van der Waals surface area contributed by atoms with Crippen LogP contribution in [0, 0.1) is 3.57 Å². The lowest BCUT2D eigenvalue weighted by atomic mass is 10.2. The number of aromatic nitrogens is 2. The number of aryl methyl sites for hydroxylation is 1. The maximum absolute atomic E-state index is 5.64. The minimum Gasteiger partial charge on any atom is -0.378 e. The van der Waals surface area contributed by atoms with Crippen molar-refractivity contribution in [3.8, 4) is 0 Å². The Morgan fingerprint density at radius 1 is 1.47 bits per heavy atom. The topological polar surface area (TPSA) is 27.1 Å². The van der Waals surface area contributed by atoms with Gasteiger partial charge in [-0.25, -0.2) is 0 Å². The molecular weight excluding hydrogens is 327 g/mol. The summed E-state index contributed by atoms with van der Waals surface area (Å²) in [6.07, 6.45) is 5.87. The Bertz CT molecular complexity index is 517. The van der Waals surface area contributed by atoms with Crippen molar-refractivity contribution in [2.45, 2.75) is 31.9 Å². The lowest BCUT2D eigenvalue weighted by molar-refractivity contribution is 0.0998. The molecule has 2 heterocycles. The third kappa shape index (κ3) is 2.47. The van der Waals surface area contributed by atoms with Crippen LogP contribution in [0.5, 0.6) is 0 Å². The largest absolute Gasteiger partial charge is 0.378 e. The average molecular weight is 342 g/mol. The smallest absolute Gasteiger partial charge is 0.0692 e. The SMILES string of the molecule is Ic1ccc2cnn(CCC3CCCO3)c2c1. The van der Waals surface area contributed by atoms with Gasteiger partial charge in [-0.3, -0.25) is 4.68 Å². The fourth-order valence-electron chi connectivity index (χ4n) is 2.36. The van der Waals surface area contributed by atoms with Crippen molar-refractivity contribution >= 4 is 33.5 Å². The molecule has 1 saturated heterocycles. The molecule has 90 valence electrons. The highest BCUT2D eigenvalue weighted by Crippen LogP contribution is 2.20. The van der Waals surface area contributed by atoms with E-state index in [9.17, 15) is 0 Å². The molecule has 1 atom stereocenters. The molecule has 0 aliphatic carbocycles. The van der Waals surface area contributed by atoms with Crippen LogP contribution in [-0.2, 0) is 11.3 Å². The van der Waals surface area contributed by atoms with Gasteiger partial charge in [0.25, 0.3) is 0 Å². The van der Waals surface area contributed by atoms with Crippen molar-refractivity contribution in [3.63, 3.8) is 0 Å². The van der Waals surface area contributed by atoms with E-state index >= 15 is 0 Å². The number of hydrogen-bond donors (Lipinski definition) is 0. The van der Waals surface area contributed by atoms with E-state index in [0.29, 0.717) is 6.10 Å². The molecule has 0 bridgehead atoms. The monoisotopic (exact) mass is 342 g/mol. The summed E-state index contributed by atoms with van der Waals surface area (Å²) in [5.74, 6) is 0. The summed E-state index contributed by atoms with van der Waals surface area (Å²) in [4.78, 5) is 0. The first-order valence-electron chi connectivity index (χ1n) is 6.05. The Hall–Kier alpha value is -0.620. The lowest BCUT2D eigenvalue weighted by Crippen LogP contribution is -2.10. The first kappa shape index (κ1) is 11.5. The quantitative estimate of drug-likeness (QED) is 0.801. The standard InChI is InChI=1S/C13H15IN2O/c14-11-4-3-10-9-15-16(13(10)8-11)6-5-12-2-1-7-17-12/h3-4,8-9,12H,1-2,5-7H2. The van der Waals surface area contributed by atoms with Gasteiger partial charge in [0.05, 0.1) is 17.8 Å². The Balaban J connectivity index is 1.77. The van der Waals surface area contributed by atoms with Gasteiger partial charge in [-0.15, -0.1) is 0 Å². The third-order valence-corrected chi connectivity index (χ3v) is 3.96. The summed E-state index contributed by atoms with van der Waals surface area (Å²) < 4.78 is 9.00. The normalized spacial score (nSPS) is 20.2. The molecule has 0 spiro atoms. The molecule has 0 N–H and O–H groups in total. The number of ether oxygens (including phenoxy) is 1. The van der Waals surface area contributed by atoms with Crippen LogP contribution in [0.2, 0.25) is 0 Å². The predicted molar refractivity (Wildman–Crippen MR) is 76.0 cm³/mol. The van der Waals surface area contributed by atoms with Gasteiger partial charge >= 0.3 is 0 Å². The van der Waals surface area contributed by atoms with Crippen molar-refractivity contribution in [1.29, 1.82) is 0 Å². The van der Waals surface area contributed by atoms with Crippen molar-refractivity contribution in [2.75, 3.05) is 6.61 Å². The van der Waals surface area contributed by atoms with E-state index in [1.54, 1.807) is 0 Å². The van der Waals surface area contributed by atoms with E-state index in [-0.39, 0.29) is 0 Å². The molecule has 1 fully saturated rings. The minimum absolute atomic E-state index is 0.442. The Kier molecular flexibility index (Phi) is 3.33. The molecule has 0 saturated carbocycles. The number of hydrogen-bond acceptors (Lipinski definition) is 2. The minimum atomic E-state index is 0.442. The van der Waals surface area contributed by atoms with E-state index in [1.165, 1.54) is 27.3 Å². The van der Waals surface area contributed by atoms with Crippen LogP contribution < -0.4 is 0 Å². The van der Waals surface area contributed by atoms with Gasteiger partial charge in [0.1, 0.15) is 0 Å². The van der Waals surface area contributed by atoms with E-state index < -0.39 is 0 Å². The molecule has 1 aromatic carbocycles. The van der Waals surface area contributed by atoms with E-state index in [1.807, 2.05) is 6.20 Å². The maximum atomic E-state index is 5.64. The van der Waals surface area contributed by atoms with E-state index in [2.05, 4.69) is 50.6 Å². The van der Waals surface area contributed by atoms with Crippen LogP contribution in [0.15, 0.2) is 24.4 Å². The van der Waals surface area contributed by atoms with E-state index in [0.717, 1.165) is 19.6 Å². The van der Waals surface area contributed by atoms with Gasteiger partial charge in [-0.2, -0.15) is 5.10 Å². The van der Waals surface area contributed by atoms with Crippen LogP contribution >= 0.6 is 22.6 Å². The van der Waals surface area contributed by atoms with Crippen LogP contribution in [0.3, 0.4) is 0 Å². The first-order valence-corrected chi connectivity index (χ1v) is 7.13. The number of halogens is 1. The molecule has 2 aromatic rings. The summed E-state index contributed by atoms with van der Waals surface area (Å²) in [5, 5.41) is 5.68. The molecule has 17 heavy (non-hydrogen) atoms. The second-order valence-electron chi connectivity index (χ2n) is 4.49. The fourth-order valence-corrected chi connectivity index (χ4v) is 2.83. The second kappa shape index (κ2) is 4.94. The zero-order valence-corrected chi connectivity index (χ0v) is 11.8. The average Bonchev–Trinajstić information content (AvgIpc) is 2.94. The highest BCUT2D eigenvalue weighted by molar-refractivity contribution is 14.1. The van der Waals surface area contributed by atoms with Crippen LogP contribution in [0.4, 0.5) is 0 Å². The van der Waals surface area contributed by atoms with Crippen molar-refractivity contribution in [2.24, 2.45) is 0 Å². The van der Waals surface area contributed by atoms with Gasteiger partial charge < -0.3 is 4.74 Å². The molecule has 1 aromatic heterocycles. The molecule has 0 amide bonds. The van der Waals surface area contributed by atoms with Crippen molar-refractivity contribution in [1.82, 2.24) is 9.78 Å². The summed E-state index contributed by atoms with van der Waals surface area (Å²) in [7, 11) is 0. The molecule has 3 nitrogen and oxygen atoms in total. The summed E-state index contributed by atoms with van der Waals surface area (Å²) in [6, 6.07) is 6.44. The number of fused-ring (bicyclic) bond motifs is 1. The Morgan fingerprint density at radius 3 is 3.24 bits per heavy atom. The summed E-state index contributed by atoms with van der Waals surface area (Å²) in [5.41, 5.74) is 1.23. The highest BCUT2D eigenvalue weighted by Gasteiger charge is 2.15. The van der Waals surface area contributed by atoms with Gasteiger partial charge in [0.15, 0.2) is 0 Å². The zero-order chi connectivity index (χ0) is 11.7. The van der Waals surface area contributed by atoms with Crippen molar-refractivity contribution < 1.29 is 4.74 Å². The predicted octanol–water partition coefficient (Wildman–Crippen LogP) is 3.21. The highest BCUT2D eigenvalue weighted by atomic mass is 127. The third-order valence-electron chi connectivity index (χ3n) is 3.29. The van der Waals surface area contributed by atoms with E-state index in [4.69, 9.17) is 4.74 Å². The Morgan fingerprint density at radius 2 is 2.41 bits per heavy atom. The van der Waals surface area contributed by atoms with Gasteiger partial charge in [-0.05, 0) is 54.0 Å². The summed E-state index contributed by atoms with van der Waals surface area (Å²) in [6.45, 7) is 1.89. The molecule has 0 radical (unpaired) electrons. The number of nitrogens with zero attached hydrogens (tertiary/aromatic N) is 2. The zero-order valence-electron chi connectivity index (χ0n) is 9.60. The number of rotatable bonds is 3. The second-order valence-corrected chi connectivity index (χ2v) is 5.74. The van der Waals surface area contributed by atoms with Crippen LogP contribution in [0.1, 0.15) is 19.3 Å². The fraction of sp³-hybridized carbons (Fsp3) is 0.462. The van der Waals surface area contributed by atoms with Crippen molar-refractivity contribution in [3.05, 3.63) is 28.0 Å². The maximum Gasteiger partial charge on any atom is 0.0692 e. The molecule has 1 unspecified atom stereocenters. The molecular formula is C13H15IN2O. The molecule has 1 aliphatic heterocycles. The molecule has 3 rings (SSSR count). The Labute approximate surface area is 114 Å². The summed E-state index contributed by atoms with van der Waals surface area (Å²) >= 11 is 2.34. The van der Waals surface area contributed by atoms with Crippen LogP contribution in [0.25, 0.3) is 10.9 Å². The molecule has 4 heteroatoms. The molecule has 1 aliphatic rings. The lowest BCUT2D eigenvalue weighted by Gasteiger charge is -2.09. The first-order chi connectivity index (χ1) is 8.33. The van der Waals surface area contributed by atoms with Crippen LogP contribution in [-0.4, -0.2) is 22.5 Å². The van der Waals surface area contributed by atoms with Gasteiger partial charge in [0.2, 0.25) is 0 Å². The number of benzene rings is 1. The van der Waals surface area contributed by atoms with Gasteiger partial charge in [-0.1, -0.05) is 6.07 Å². The van der Waals surface area contributed by atoms with Gasteiger partial charge in [0, 0.05) is 22.1 Å².